The quantitative estimate of drug-likeness (QED) is 0.789. The maximum atomic E-state index is 11.9. The average Bonchev–Trinajstić information content (AvgIpc) is 2.49. The highest BCUT2D eigenvalue weighted by Gasteiger charge is 2.04. The molecule has 1 amide bonds. The molecule has 0 saturated carbocycles. The molecular formula is C18H21ClN2O. The summed E-state index contributed by atoms with van der Waals surface area (Å²) < 4.78 is 0. The number of hydrogen-bond donors (Lipinski definition) is 2. The third-order valence-electron chi connectivity index (χ3n) is 3.43. The molecule has 0 aliphatic rings. The molecule has 4 heteroatoms. The van der Waals surface area contributed by atoms with Crippen molar-refractivity contribution in [1.29, 1.82) is 0 Å². The van der Waals surface area contributed by atoms with Crippen LogP contribution >= 0.6 is 11.6 Å². The number of aryl methyl sites for hydroxylation is 2. The molecule has 3 nitrogen and oxygen atoms in total. The lowest BCUT2D eigenvalue weighted by molar-refractivity contribution is -0.116. The normalized spacial score (nSPS) is 10.5. The van der Waals surface area contributed by atoms with Crippen LogP contribution in [-0.2, 0) is 11.3 Å². The molecule has 116 valence electrons. The van der Waals surface area contributed by atoms with Crippen LogP contribution in [-0.4, -0.2) is 12.5 Å². The first kappa shape index (κ1) is 16.5. The van der Waals surface area contributed by atoms with E-state index in [1.165, 1.54) is 11.1 Å². The van der Waals surface area contributed by atoms with Gasteiger partial charge in [0.15, 0.2) is 0 Å². The summed E-state index contributed by atoms with van der Waals surface area (Å²) in [5.41, 5.74) is 4.20. The van der Waals surface area contributed by atoms with Gasteiger partial charge in [0, 0.05) is 30.2 Å². The van der Waals surface area contributed by atoms with Crippen molar-refractivity contribution in [3.8, 4) is 0 Å². The summed E-state index contributed by atoms with van der Waals surface area (Å²) in [7, 11) is 0. The SMILES string of the molecule is Cc1ccc(CNCCC(=O)Nc2ccc(C)c(Cl)c2)cc1. The van der Waals surface area contributed by atoms with E-state index in [1.54, 1.807) is 6.07 Å². The minimum Gasteiger partial charge on any atom is -0.326 e. The molecule has 22 heavy (non-hydrogen) atoms. The first-order chi connectivity index (χ1) is 10.5. The fraction of sp³-hybridized carbons (Fsp3) is 0.278. The van der Waals surface area contributed by atoms with Gasteiger partial charge in [0.1, 0.15) is 0 Å². The van der Waals surface area contributed by atoms with Crippen LogP contribution in [0.4, 0.5) is 5.69 Å². The smallest absolute Gasteiger partial charge is 0.225 e. The summed E-state index contributed by atoms with van der Waals surface area (Å²) in [6.07, 6.45) is 0.428. The zero-order valence-corrected chi connectivity index (χ0v) is 13.7. The van der Waals surface area contributed by atoms with Crippen molar-refractivity contribution in [2.45, 2.75) is 26.8 Å². The highest BCUT2D eigenvalue weighted by molar-refractivity contribution is 6.31. The van der Waals surface area contributed by atoms with E-state index in [2.05, 4.69) is 41.8 Å². The lowest BCUT2D eigenvalue weighted by Crippen LogP contribution is -2.21. The topological polar surface area (TPSA) is 41.1 Å². The summed E-state index contributed by atoms with van der Waals surface area (Å²) >= 11 is 6.04. The first-order valence-corrected chi connectivity index (χ1v) is 7.74. The van der Waals surface area contributed by atoms with Gasteiger partial charge >= 0.3 is 0 Å². The van der Waals surface area contributed by atoms with Gasteiger partial charge in [0.2, 0.25) is 5.91 Å². The van der Waals surface area contributed by atoms with Gasteiger partial charge in [-0.3, -0.25) is 4.79 Å². The van der Waals surface area contributed by atoms with Gasteiger partial charge in [-0.1, -0.05) is 47.5 Å². The summed E-state index contributed by atoms with van der Waals surface area (Å²) in [6, 6.07) is 13.9. The van der Waals surface area contributed by atoms with Crippen molar-refractivity contribution >= 4 is 23.2 Å². The molecule has 0 fully saturated rings. The van der Waals surface area contributed by atoms with E-state index >= 15 is 0 Å². The number of carbonyl (C=O) groups is 1. The second kappa shape index (κ2) is 7.97. The summed E-state index contributed by atoms with van der Waals surface area (Å²) in [6.45, 7) is 5.41. The lowest BCUT2D eigenvalue weighted by atomic mass is 10.1. The molecule has 0 bridgehead atoms. The molecule has 0 aromatic heterocycles. The van der Waals surface area contributed by atoms with Crippen LogP contribution in [0.1, 0.15) is 23.1 Å². The Bertz CT molecular complexity index is 638. The number of halogens is 1. The van der Waals surface area contributed by atoms with Crippen molar-refractivity contribution in [1.82, 2.24) is 5.32 Å². The van der Waals surface area contributed by atoms with E-state index in [1.807, 2.05) is 19.1 Å². The molecular weight excluding hydrogens is 296 g/mol. The van der Waals surface area contributed by atoms with E-state index in [0.29, 0.717) is 18.0 Å². The average molecular weight is 317 g/mol. The van der Waals surface area contributed by atoms with Gasteiger partial charge < -0.3 is 10.6 Å². The van der Waals surface area contributed by atoms with E-state index in [9.17, 15) is 4.79 Å². The van der Waals surface area contributed by atoms with E-state index in [0.717, 1.165) is 17.8 Å². The Kier molecular flexibility index (Phi) is 5.99. The van der Waals surface area contributed by atoms with Crippen molar-refractivity contribution in [3.05, 3.63) is 64.2 Å². The number of nitrogens with one attached hydrogen (secondary N) is 2. The van der Waals surface area contributed by atoms with E-state index < -0.39 is 0 Å². The Morgan fingerprint density at radius 1 is 1.09 bits per heavy atom. The fourth-order valence-corrected chi connectivity index (χ4v) is 2.22. The zero-order chi connectivity index (χ0) is 15.9. The van der Waals surface area contributed by atoms with Gasteiger partial charge in [-0.25, -0.2) is 0 Å². The van der Waals surface area contributed by atoms with Gasteiger partial charge in [0.25, 0.3) is 0 Å². The van der Waals surface area contributed by atoms with Crippen LogP contribution in [0.15, 0.2) is 42.5 Å². The number of amides is 1. The summed E-state index contributed by atoms with van der Waals surface area (Å²) in [4.78, 5) is 11.9. The van der Waals surface area contributed by atoms with Crippen LogP contribution in [0.5, 0.6) is 0 Å². The molecule has 0 unspecified atom stereocenters. The van der Waals surface area contributed by atoms with Crippen LogP contribution in [0.3, 0.4) is 0 Å². The number of hydrogen-bond acceptors (Lipinski definition) is 2. The predicted molar refractivity (Wildman–Crippen MR) is 92.3 cm³/mol. The van der Waals surface area contributed by atoms with Gasteiger partial charge in [-0.15, -0.1) is 0 Å². The molecule has 0 radical (unpaired) electrons. The summed E-state index contributed by atoms with van der Waals surface area (Å²) in [5, 5.41) is 6.79. The third kappa shape index (κ3) is 5.17. The fourth-order valence-electron chi connectivity index (χ4n) is 2.03. The summed E-state index contributed by atoms with van der Waals surface area (Å²) in [5.74, 6) is -0.0173. The van der Waals surface area contributed by atoms with Crippen molar-refractivity contribution in [2.75, 3.05) is 11.9 Å². The number of rotatable bonds is 6. The first-order valence-electron chi connectivity index (χ1n) is 7.37. The molecule has 2 rings (SSSR count). The number of benzene rings is 2. The molecule has 0 spiro atoms. The standard InChI is InChI=1S/C18H21ClN2O/c1-13-3-6-15(7-4-13)12-20-10-9-18(22)21-16-8-5-14(2)17(19)11-16/h3-8,11,20H,9-10,12H2,1-2H3,(H,21,22). The molecule has 0 heterocycles. The van der Waals surface area contributed by atoms with Crippen LogP contribution < -0.4 is 10.6 Å². The number of anilines is 1. The van der Waals surface area contributed by atoms with Gasteiger partial charge in [-0.2, -0.15) is 0 Å². The van der Waals surface area contributed by atoms with Crippen molar-refractivity contribution in [2.24, 2.45) is 0 Å². The molecule has 0 atom stereocenters. The Labute approximate surface area is 136 Å². The van der Waals surface area contributed by atoms with Crippen LogP contribution in [0.25, 0.3) is 0 Å². The second-order valence-electron chi connectivity index (χ2n) is 5.42. The Balaban J connectivity index is 1.71. The number of carbonyl (C=O) groups excluding carboxylic acids is 1. The molecule has 0 aliphatic carbocycles. The van der Waals surface area contributed by atoms with Crippen molar-refractivity contribution in [3.63, 3.8) is 0 Å². The third-order valence-corrected chi connectivity index (χ3v) is 3.84. The van der Waals surface area contributed by atoms with Gasteiger partial charge in [-0.05, 0) is 37.1 Å². The molecule has 2 aromatic carbocycles. The second-order valence-corrected chi connectivity index (χ2v) is 5.83. The molecule has 2 N–H and O–H groups in total. The Morgan fingerprint density at radius 2 is 1.82 bits per heavy atom. The monoisotopic (exact) mass is 316 g/mol. The zero-order valence-electron chi connectivity index (χ0n) is 12.9. The molecule has 2 aromatic rings. The Morgan fingerprint density at radius 3 is 2.50 bits per heavy atom. The van der Waals surface area contributed by atoms with Crippen LogP contribution in [0, 0.1) is 13.8 Å². The minimum absolute atomic E-state index is 0.0173. The maximum absolute atomic E-state index is 11.9. The largest absolute Gasteiger partial charge is 0.326 e. The lowest BCUT2D eigenvalue weighted by Gasteiger charge is -2.08. The van der Waals surface area contributed by atoms with Crippen LogP contribution in [0.2, 0.25) is 5.02 Å². The van der Waals surface area contributed by atoms with E-state index in [-0.39, 0.29) is 5.91 Å². The Hall–Kier alpha value is -1.84. The predicted octanol–water partition coefficient (Wildman–Crippen LogP) is 4.08. The molecule has 0 saturated heterocycles. The minimum atomic E-state index is -0.0173. The van der Waals surface area contributed by atoms with E-state index in [4.69, 9.17) is 11.6 Å². The van der Waals surface area contributed by atoms with Crippen molar-refractivity contribution < 1.29 is 4.79 Å². The highest BCUT2D eigenvalue weighted by Crippen LogP contribution is 2.19. The van der Waals surface area contributed by atoms with Gasteiger partial charge in [0.05, 0.1) is 0 Å². The highest BCUT2D eigenvalue weighted by atomic mass is 35.5. The molecule has 0 aliphatic heterocycles. The maximum Gasteiger partial charge on any atom is 0.225 e.